The van der Waals surface area contributed by atoms with Crippen molar-refractivity contribution in [3.63, 3.8) is 0 Å². The molecule has 352 valence electrons. The van der Waals surface area contributed by atoms with Crippen LogP contribution in [0, 0.1) is 69.0 Å². The van der Waals surface area contributed by atoms with Gasteiger partial charge in [-0.3, -0.25) is 28.8 Å². The standard InChI is InChI=1S/C50H70N2O12/c1-47-17-15-33-29(31(47)9-11-39(47)55)25-37(53)35-21-27(61-43(57)7-5-19-51)23-41(49(33,35)3)63-45(59)13-14-46(60)64-42-24-28(62-44(58)8-6-20-52)22-36-38(54)26-30-32-10-12-40(56)48(32,2)18-16-34(30)50(36,42)4/h13-14,27-36,41-42H,5-12,15-26,51-52H2,1-4H3/b14-13+/t27?,28?,29-,30-,31-,32-,33+,34+,35?,36?,41?,42?,47-,48-,49+,50+/m0/s1. The van der Waals surface area contributed by atoms with E-state index >= 15 is 0 Å². The Labute approximate surface area is 376 Å². The van der Waals surface area contributed by atoms with E-state index in [4.69, 9.17) is 30.4 Å². The van der Waals surface area contributed by atoms with E-state index in [1.807, 2.05) is 27.7 Å². The zero-order valence-corrected chi connectivity index (χ0v) is 38.3. The molecule has 0 spiro atoms. The van der Waals surface area contributed by atoms with Gasteiger partial charge in [0, 0.05) is 97.0 Å². The van der Waals surface area contributed by atoms with E-state index in [2.05, 4.69) is 0 Å². The quantitative estimate of drug-likeness (QED) is 0.141. The molecule has 8 fully saturated rings. The summed E-state index contributed by atoms with van der Waals surface area (Å²) in [6.07, 6.45) is 7.12. The van der Waals surface area contributed by atoms with Crippen LogP contribution in [0.1, 0.15) is 143 Å². The highest BCUT2D eigenvalue weighted by Crippen LogP contribution is 2.67. The van der Waals surface area contributed by atoms with E-state index < -0.39 is 81.8 Å². The molecular formula is C50H70N2O12. The summed E-state index contributed by atoms with van der Waals surface area (Å²) < 4.78 is 24.4. The molecule has 0 bridgehead atoms. The lowest BCUT2D eigenvalue weighted by Gasteiger charge is -2.61. The van der Waals surface area contributed by atoms with Crippen molar-refractivity contribution in [2.75, 3.05) is 13.1 Å². The second kappa shape index (κ2) is 17.8. The van der Waals surface area contributed by atoms with Crippen molar-refractivity contribution >= 4 is 47.0 Å². The summed E-state index contributed by atoms with van der Waals surface area (Å²) in [6.45, 7) is 8.76. The summed E-state index contributed by atoms with van der Waals surface area (Å²) in [5.74, 6) is -3.00. The van der Waals surface area contributed by atoms with E-state index in [0.717, 1.165) is 25.0 Å². The summed E-state index contributed by atoms with van der Waals surface area (Å²) >= 11 is 0. The van der Waals surface area contributed by atoms with Gasteiger partial charge in [0.1, 0.15) is 47.5 Å². The summed E-state index contributed by atoms with van der Waals surface area (Å²) in [5, 5.41) is 0. The fraction of sp³-hybridized carbons (Fsp3) is 0.800. The number of ether oxygens (including phenoxy) is 4. The van der Waals surface area contributed by atoms with E-state index in [-0.39, 0.29) is 84.3 Å². The van der Waals surface area contributed by atoms with Crippen molar-refractivity contribution < 1.29 is 57.3 Å². The van der Waals surface area contributed by atoms with Gasteiger partial charge in [0.05, 0.1) is 0 Å². The molecule has 64 heavy (non-hydrogen) atoms. The highest BCUT2D eigenvalue weighted by atomic mass is 16.6. The molecule has 0 aromatic rings. The average molecular weight is 891 g/mol. The second-order valence-electron chi connectivity index (χ2n) is 21.9. The Bertz CT molecular complexity index is 1830. The lowest BCUT2D eigenvalue weighted by molar-refractivity contribution is -0.204. The Kier molecular flexibility index (Phi) is 13.0. The number of fused-ring (bicyclic) bond motifs is 10. The third-order valence-corrected chi connectivity index (χ3v) is 19.0. The zero-order chi connectivity index (χ0) is 45.9. The van der Waals surface area contributed by atoms with Gasteiger partial charge in [-0.05, 0) is 113 Å². The van der Waals surface area contributed by atoms with Crippen LogP contribution < -0.4 is 11.5 Å². The van der Waals surface area contributed by atoms with Crippen LogP contribution in [0.3, 0.4) is 0 Å². The Morgan fingerprint density at radius 1 is 0.562 bits per heavy atom. The molecule has 0 aliphatic heterocycles. The van der Waals surface area contributed by atoms with Crippen LogP contribution in [0.25, 0.3) is 0 Å². The molecule has 4 N–H and O–H groups in total. The molecule has 0 radical (unpaired) electrons. The Morgan fingerprint density at radius 2 is 0.953 bits per heavy atom. The van der Waals surface area contributed by atoms with Crippen molar-refractivity contribution in [3.8, 4) is 0 Å². The van der Waals surface area contributed by atoms with E-state index in [9.17, 15) is 38.4 Å². The molecule has 8 aliphatic carbocycles. The van der Waals surface area contributed by atoms with Gasteiger partial charge in [-0.15, -0.1) is 0 Å². The number of hydrogen-bond donors (Lipinski definition) is 2. The smallest absolute Gasteiger partial charge is 0.331 e. The van der Waals surface area contributed by atoms with Crippen molar-refractivity contribution in [2.24, 2.45) is 80.5 Å². The van der Waals surface area contributed by atoms with Crippen molar-refractivity contribution in [3.05, 3.63) is 12.2 Å². The van der Waals surface area contributed by atoms with Crippen LogP contribution in [0.4, 0.5) is 0 Å². The van der Waals surface area contributed by atoms with Crippen LogP contribution in [-0.4, -0.2) is 84.5 Å². The number of ketones is 4. The molecule has 16 atom stereocenters. The summed E-state index contributed by atoms with van der Waals surface area (Å²) in [4.78, 5) is 108. The molecule has 6 unspecified atom stereocenters. The number of carbonyl (C=O) groups excluding carboxylic acids is 8. The van der Waals surface area contributed by atoms with Gasteiger partial charge in [0.2, 0.25) is 0 Å². The normalized spacial score (nSPS) is 43.5. The molecule has 14 heteroatoms. The number of esters is 4. The summed E-state index contributed by atoms with van der Waals surface area (Å²) in [5.41, 5.74) is 8.73. The predicted molar refractivity (Wildman–Crippen MR) is 230 cm³/mol. The highest BCUT2D eigenvalue weighted by Gasteiger charge is 2.67. The van der Waals surface area contributed by atoms with E-state index in [1.165, 1.54) is 0 Å². The van der Waals surface area contributed by atoms with Crippen LogP contribution in [0.15, 0.2) is 12.2 Å². The summed E-state index contributed by atoms with van der Waals surface area (Å²) in [7, 11) is 0. The first-order valence-corrected chi connectivity index (χ1v) is 24.4. The minimum absolute atomic E-state index is 0.0146. The molecule has 0 saturated heterocycles. The number of carbonyl (C=O) groups is 8. The lowest BCUT2D eigenvalue weighted by Crippen LogP contribution is -2.63. The largest absolute Gasteiger partial charge is 0.462 e. The van der Waals surface area contributed by atoms with Gasteiger partial charge in [-0.25, -0.2) is 9.59 Å². The van der Waals surface area contributed by atoms with Crippen LogP contribution >= 0.6 is 0 Å². The molecule has 0 amide bonds. The Balaban J connectivity index is 1.03. The molecule has 0 heterocycles. The van der Waals surface area contributed by atoms with Crippen molar-refractivity contribution in [2.45, 2.75) is 168 Å². The monoisotopic (exact) mass is 890 g/mol. The number of rotatable bonds is 12. The molecule has 8 rings (SSSR count). The third-order valence-electron chi connectivity index (χ3n) is 19.0. The summed E-state index contributed by atoms with van der Waals surface area (Å²) in [6, 6.07) is 0. The van der Waals surface area contributed by atoms with Crippen LogP contribution in [0.5, 0.6) is 0 Å². The maximum atomic E-state index is 14.2. The fourth-order valence-electron chi connectivity index (χ4n) is 15.6. The molecular weight excluding hydrogens is 821 g/mol. The first-order chi connectivity index (χ1) is 30.4. The second-order valence-corrected chi connectivity index (χ2v) is 21.9. The molecule has 14 nitrogen and oxygen atoms in total. The Morgan fingerprint density at radius 3 is 1.33 bits per heavy atom. The first kappa shape index (κ1) is 46.7. The van der Waals surface area contributed by atoms with E-state index in [0.29, 0.717) is 90.1 Å². The Hall–Kier alpha value is -3.78. The number of nitrogens with two attached hydrogens (primary N) is 2. The highest BCUT2D eigenvalue weighted by molar-refractivity contribution is 5.92. The fourth-order valence-corrected chi connectivity index (χ4v) is 15.6. The van der Waals surface area contributed by atoms with Crippen LogP contribution in [-0.2, 0) is 57.3 Å². The average Bonchev–Trinajstić information content (AvgIpc) is 3.73. The zero-order valence-electron chi connectivity index (χ0n) is 38.3. The molecule has 0 aromatic carbocycles. The van der Waals surface area contributed by atoms with Gasteiger partial charge < -0.3 is 30.4 Å². The van der Waals surface area contributed by atoms with Gasteiger partial charge in [-0.2, -0.15) is 0 Å². The van der Waals surface area contributed by atoms with Crippen LogP contribution in [0.2, 0.25) is 0 Å². The van der Waals surface area contributed by atoms with Gasteiger partial charge in [0.25, 0.3) is 0 Å². The molecule has 8 aliphatic rings. The SMILES string of the molecule is C[C@]12C(OC(=O)/C=C/C(=O)OC3CC(OC(=O)CCCN)CC4C(=O)C[C@@H]5[C@@H](CC[C@]6(C)C(=O)CC[C@@H]56)[C@@]34C)CC(OC(=O)CCCN)CC1C(=O)C[C@@H]1[C@H]2CC[C@]2(C)C(=O)CC[C@@H]12. The van der Waals surface area contributed by atoms with Gasteiger partial charge >= 0.3 is 23.9 Å². The number of hydrogen-bond acceptors (Lipinski definition) is 14. The minimum atomic E-state index is -0.831. The van der Waals surface area contributed by atoms with Gasteiger partial charge in [0.15, 0.2) is 0 Å². The number of Topliss-reactive ketones (excluding diaryl/α,β-unsaturated/α-hetero) is 4. The maximum Gasteiger partial charge on any atom is 0.331 e. The minimum Gasteiger partial charge on any atom is -0.462 e. The van der Waals surface area contributed by atoms with Crippen molar-refractivity contribution in [1.82, 2.24) is 0 Å². The van der Waals surface area contributed by atoms with Crippen molar-refractivity contribution in [1.29, 1.82) is 0 Å². The van der Waals surface area contributed by atoms with E-state index in [1.54, 1.807) is 0 Å². The molecule has 8 saturated carbocycles. The van der Waals surface area contributed by atoms with Gasteiger partial charge in [-0.1, -0.05) is 27.7 Å². The lowest BCUT2D eigenvalue weighted by atomic mass is 9.44. The maximum absolute atomic E-state index is 14.2. The predicted octanol–water partition coefficient (Wildman–Crippen LogP) is 5.47. The topological polar surface area (TPSA) is 226 Å². The molecule has 0 aromatic heterocycles. The third kappa shape index (κ3) is 7.91. The first-order valence-electron chi connectivity index (χ1n) is 24.4.